The van der Waals surface area contributed by atoms with E-state index < -0.39 is 29.4 Å². The molecule has 0 saturated carbocycles. The highest BCUT2D eigenvalue weighted by Gasteiger charge is 2.29. The average molecular weight is 270 g/mol. The number of esters is 1. The normalized spacial score (nSPS) is 14.8. The van der Waals surface area contributed by atoms with Crippen LogP contribution < -0.4 is 0 Å². The molecule has 110 valence electrons. The summed E-state index contributed by atoms with van der Waals surface area (Å²) in [5, 5.41) is 9.19. The van der Waals surface area contributed by atoms with E-state index >= 15 is 0 Å². The quantitative estimate of drug-likeness (QED) is 0.569. The molecule has 1 N–H and O–H groups in total. The zero-order valence-corrected chi connectivity index (χ0v) is 12.6. The van der Waals surface area contributed by atoms with Gasteiger partial charge in [-0.05, 0) is 39.5 Å². The summed E-state index contributed by atoms with van der Waals surface area (Å²) in [7, 11) is 0. The van der Waals surface area contributed by atoms with Gasteiger partial charge in [-0.25, -0.2) is 0 Å². The third-order valence-corrected chi connectivity index (χ3v) is 2.64. The summed E-state index contributed by atoms with van der Waals surface area (Å²) in [6.07, 6.45) is 2.26. The van der Waals surface area contributed by atoms with E-state index in [-0.39, 0.29) is 12.3 Å². The van der Waals surface area contributed by atoms with Gasteiger partial charge < -0.3 is 9.84 Å². The Balaban J connectivity index is 4.72. The molecule has 4 heteroatoms. The van der Waals surface area contributed by atoms with Gasteiger partial charge in [0.15, 0.2) is 0 Å². The second-order valence-electron chi connectivity index (χ2n) is 6.28. The molecule has 0 aromatic heterocycles. The molecular weight excluding hydrogens is 244 g/mol. The maximum atomic E-state index is 11.9. The van der Waals surface area contributed by atoms with Crippen LogP contribution in [0.4, 0.5) is 0 Å². The van der Waals surface area contributed by atoms with Gasteiger partial charge in [-0.3, -0.25) is 9.59 Å². The van der Waals surface area contributed by atoms with Gasteiger partial charge in [-0.15, -0.1) is 6.58 Å². The lowest BCUT2D eigenvalue weighted by molar-refractivity contribution is -0.159. The van der Waals surface area contributed by atoms with E-state index in [4.69, 9.17) is 4.74 Å². The summed E-state index contributed by atoms with van der Waals surface area (Å²) >= 11 is 0. The molecule has 0 aliphatic carbocycles. The Morgan fingerprint density at radius 2 is 1.79 bits per heavy atom. The number of carbonyl (C=O) groups excluding carboxylic acids is 1. The highest BCUT2D eigenvalue weighted by atomic mass is 16.6. The van der Waals surface area contributed by atoms with Gasteiger partial charge in [-0.2, -0.15) is 0 Å². The minimum Gasteiger partial charge on any atom is -0.481 e. The molecule has 0 heterocycles. The molecule has 0 aromatic carbocycles. The van der Waals surface area contributed by atoms with Crippen LogP contribution in [-0.4, -0.2) is 22.6 Å². The summed E-state index contributed by atoms with van der Waals surface area (Å²) in [5.41, 5.74) is -0.574. The fourth-order valence-corrected chi connectivity index (χ4v) is 1.84. The average Bonchev–Trinajstić information content (AvgIpc) is 2.20. The van der Waals surface area contributed by atoms with Crippen molar-refractivity contribution in [3.8, 4) is 0 Å². The summed E-state index contributed by atoms with van der Waals surface area (Å²) in [6.45, 7) is 12.9. The second-order valence-corrected chi connectivity index (χ2v) is 6.28. The molecule has 4 nitrogen and oxygen atoms in total. The lowest BCUT2D eigenvalue weighted by Crippen LogP contribution is -2.30. The van der Waals surface area contributed by atoms with Gasteiger partial charge in [0.25, 0.3) is 0 Å². The van der Waals surface area contributed by atoms with E-state index in [2.05, 4.69) is 6.58 Å². The van der Waals surface area contributed by atoms with Crippen LogP contribution in [0.5, 0.6) is 0 Å². The number of ether oxygens (including phenoxy) is 1. The fraction of sp³-hybridized carbons (Fsp3) is 0.733. The Morgan fingerprint density at radius 3 is 2.11 bits per heavy atom. The van der Waals surface area contributed by atoms with Crippen molar-refractivity contribution < 1.29 is 19.4 Å². The molecule has 0 bridgehead atoms. The molecule has 0 aromatic rings. The van der Waals surface area contributed by atoms with E-state index in [1.54, 1.807) is 20.8 Å². The summed E-state index contributed by atoms with van der Waals surface area (Å²) in [5.74, 6) is -2.12. The predicted molar refractivity (Wildman–Crippen MR) is 74.7 cm³/mol. The predicted octanol–water partition coefficient (Wildman–Crippen LogP) is 3.27. The summed E-state index contributed by atoms with van der Waals surface area (Å²) in [6, 6.07) is 0. The molecule has 19 heavy (non-hydrogen) atoms. The van der Waals surface area contributed by atoms with Crippen molar-refractivity contribution in [3.05, 3.63) is 12.7 Å². The van der Waals surface area contributed by atoms with E-state index in [1.165, 1.54) is 6.08 Å². The van der Waals surface area contributed by atoms with Crippen molar-refractivity contribution in [2.75, 3.05) is 0 Å². The molecular formula is C15H26O4. The van der Waals surface area contributed by atoms with Crippen LogP contribution in [0.1, 0.15) is 47.5 Å². The van der Waals surface area contributed by atoms with Crippen molar-refractivity contribution >= 4 is 11.9 Å². The van der Waals surface area contributed by atoms with E-state index in [0.717, 1.165) is 0 Å². The third kappa shape index (κ3) is 7.65. The van der Waals surface area contributed by atoms with E-state index in [1.807, 2.05) is 13.8 Å². The lowest BCUT2D eigenvalue weighted by atomic mass is 9.88. The number of rotatable bonds is 7. The fourth-order valence-electron chi connectivity index (χ4n) is 1.84. The van der Waals surface area contributed by atoms with Crippen molar-refractivity contribution in [1.82, 2.24) is 0 Å². The minimum absolute atomic E-state index is 0.242. The number of carboxylic acids is 1. The van der Waals surface area contributed by atoms with Crippen molar-refractivity contribution in [2.24, 2.45) is 17.8 Å². The summed E-state index contributed by atoms with van der Waals surface area (Å²) in [4.78, 5) is 23.2. The Morgan fingerprint density at radius 1 is 1.26 bits per heavy atom. The molecule has 2 atom stereocenters. The molecule has 0 saturated heterocycles. The largest absolute Gasteiger partial charge is 0.481 e. The summed E-state index contributed by atoms with van der Waals surface area (Å²) < 4.78 is 5.27. The van der Waals surface area contributed by atoms with Crippen LogP contribution in [-0.2, 0) is 14.3 Å². The van der Waals surface area contributed by atoms with Crippen LogP contribution in [0.15, 0.2) is 12.7 Å². The van der Waals surface area contributed by atoms with E-state index in [0.29, 0.717) is 6.42 Å². The Hall–Kier alpha value is -1.32. The molecule has 0 aliphatic rings. The molecule has 0 amide bonds. The Kier molecular flexibility index (Phi) is 6.81. The van der Waals surface area contributed by atoms with Gasteiger partial charge in [0.2, 0.25) is 0 Å². The van der Waals surface area contributed by atoms with Crippen molar-refractivity contribution in [3.63, 3.8) is 0 Å². The zero-order valence-electron chi connectivity index (χ0n) is 12.6. The topological polar surface area (TPSA) is 63.6 Å². The van der Waals surface area contributed by atoms with Crippen LogP contribution in [0, 0.1) is 17.8 Å². The number of carbonyl (C=O) groups is 2. The Bertz CT molecular complexity index is 326. The molecule has 0 rings (SSSR count). The smallest absolute Gasteiger partial charge is 0.313 e. The van der Waals surface area contributed by atoms with Crippen LogP contribution in [0.25, 0.3) is 0 Å². The van der Waals surface area contributed by atoms with Gasteiger partial charge >= 0.3 is 11.9 Å². The molecule has 0 radical (unpaired) electrons. The standard InChI is InChI=1S/C15H26O4/c1-7-11(14(18)19-15(4,5)6)9-12(13(16)17)8-10(2)3/h7,10-12H,1,8-9H2,2-6H3,(H,16,17)/t11-,12?/m0/s1. The molecule has 0 spiro atoms. The Labute approximate surface area is 115 Å². The minimum atomic E-state index is -0.871. The SMILES string of the molecule is C=C[C@@H](CC(CC(C)C)C(=O)O)C(=O)OC(C)(C)C. The zero-order chi connectivity index (χ0) is 15.2. The first-order valence-corrected chi connectivity index (χ1v) is 6.65. The third-order valence-electron chi connectivity index (χ3n) is 2.64. The molecule has 0 aliphatic heterocycles. The van der Waals surface area contributed by atoms with Gasteiger partial charge in [-0.1, -0.05) is 19.9 Å². The maximum Gasteiger partial charge on any atom is 0.313 e. The van der Waals surface area contributed by atoms with Crippen molar-refractivity contribution in [1.29, 1.82) is 0 Å². The van der Waals surface area contributed by atoms with Gasteiger partial charge in [0.05, 0.1) is 11.8 Å². The number of aliphatic carboxylic acids is 1. The van der Waals surface area contributed by atoms with Crippen LogP contribution >= 0.6 is 0 Å². The van der Waals surface area contributed by atoms with E-state index in [9.17, 15) is 14.7 Å². The van der Waals surface area contributed by atoms with Gasteiger partial charge in [0, 0.05) is 0 Å². The maximum absolute atomic E-state index is 11.9. The number of carboxylic acid groups (broad SMARTS) is 1. The monoisotopic (exact) mass is 270 g/mol. The van der Waals surface area contributed by atoms with Crippen LogP contribution in [0.2, 0.25) is 0 Å². The first kappa shape index (κ1) is 17.7. The first-order chi connectivity index (χ1) is 8.56. The highest BCUT2D eigenvalue weighted by Crippen LogP contribution is 2.23. The van der Waals surface area contributed by atoms with Crippen molar-refractivity contribution in [2.45, 2.75) is 53.1 Å². The highest BCUT2D eigenvalue weighted by molar-refractivity contribution is 5.76. The number of hydrogen-bond donors (Lipinski definition) is 1. The lowest BCUT2D eigenvalue weighted by Gasteiger charge is -2.24. The second kappa shape index (κ2) is 7.31. The first-order valence-electron chi connectivity index (χ1n) is 6.65. The van der Waals surface area contributed by atoms with Gasteiger partial charge in [0.1, 0.15) is 5.60 Å². The molecule has 1 unspecified atom stereocenters. The number of hydrogen-bond acceptors (Lipinski definition) is 3. The molecule has 0 fully saturated rings. The van der Waals surface area contributed by atoms with Crippen LogP contribution in [0.3, 0.4) is 0 Å².